The van der Waals surface area contributed by atoms with E-state index >= 15 is 0 Å². The van der Waals surface area contributed by atoms with E-state index in [1.54, 1.807) is 0 Å². The Labute approximate surface area is 397 Å². The Morgan fingerprint density at radius 1 is 0.338 bits per heavy atom. The van der Waals surface area contributed by atoms with Crippen molar-refractivity contribution >= 4 is 17.9 Å². The van der Waals surface area contributed by atoms with Gasteiger partial charge in [-0.15, -0.1) is 0 Å². The van der Waals surface area contributed by atoms with Gasteiger partial charge in [-0.1, -0.05) is 181 Å². The molecule has 0 radical (unpaired) electrons. The highest BCUT2D eigenvalue weighted by Crippen LogP contribution is 2.39. The summed E-state index contributed by atoms with van der Waals surface area (Å²) in [5.41, 5.74) is 0. The summed E-state index contributed by atoms with van der Waals surface area (Å²) in [5.74, 6) is -0.935. The third-order valence-electron chi connectivity index (χ3n) is 14.3. The summed E-state index contributed by atoms with van der Waals surface area (Å²) in [6, 6.07) is 0. The van der Waals surface area contributed by atoms with Crippen molar-refractivity contribution < 1.29 is 47.5 Å². The molecule has 0 aliphatic carbocycles. The van der Waals surface area contributed by atoms with Crippen LogP contribution in [0.5, 0.6) is 0 Å². The van der Waals surface area contributed by atoms with Gasteiger partial charge in [0.15, 0.2) is 6.10 Å². The lowest BCUT2D eigenvalue weighted by Gasteiger charge is -2.18. The zero-order valence-corrected chi connectivity index (χ0v) is 42.1. The largest absolute Gasteiger partial charge is 0.462 e. The molecule has 0 aromatic rings. The van der Waals surface area contributed by atoms with Crippen molar-refractivity contribution in [2.24, 2.45) is 0 Å². The molecule has 0 aromatic heterocycles. The van der Waals surface area contributed by atoms with Crippen molar-refractivity contribution in [3.05, 3.63) is 0 Å². The van der Waals surface area contributed by atoms with Crippen molar-refractivity contribution in [2.75, 3.05) is 13.2 Å². The molecule has 0 N–H and O–H groups in total. The summed E-state index contributed by atoms with van der Waals surface area (Å²) in [4.78, 5) is 38.3. The molecule has 0 spiro atoms. The number of carbonyl (C=O) groups is 3. The minimum atomic E-state index is -0.802. The summed E-state index contributed by atoms with van der Waals surface area (Å²) >= 11 is 0. The molecule has 4 rings (SSSR count). The van der Waals surface area contributed by atoms with Crippen LogP contribution in [0.25, 0.3) is 0 Å². The molecule has 10 nitrogen and oxygen atoms in total. The van der Waals surface area contributed by atoms with Gasteiger partial charge in [0.2, 0.25) is 0 Å². The second-order valence-electron chi connectivity index (χ2n) is 20.4. The maximum Gasteiger partial charge on any atom is 0.306 e. The first-order valence-corrected chi connectivity index (χ1v) is 28.0. The Morgan fingerprint density at radius 3 is 0.985 bits per heavy atom. The molecular formula is C55H98O10. The second-order valence-corrected chi connectivity index (χ2v) is 20.4. The van der Waals surface area contributed by atoms with Crippen LogP contribution in [0.4, 0.5) is 0 Å². The molecule has 9 atom stereocenters. The molecule has 0 bridgehead atoms. The highest BCUT2D eigenvalue weighted by molar-refractivity contribution is 5.71. The molecule has 378 valence electrons. The number of epoxide rings is 4. The molecule has 0 saturated carbocycles. The molecule has 65 heavy (non-hydrogen) atoms. The Balaban J connectivity index is 1.01. The summed E-state index contributed by atoms with van der Waals surface area (Å²) in [7, 11) is 0. The number of hydrogen-bond acceptors (Lipinski definition) is 10. The lowest BCUT2D eigenvalue weighted by atomic mass is 10.0. The summed E-state index contributed by atoms with van der Waals surface area (Å²) < 4.78 is 40.4. The van der Waals surface area contributed by atoms with E-state index in [9.17, 15) is 14.4 Å². The van der Waals surface area contributed by atoms with E-state index in [-0.39, 0.29) is 31.1 Å². The second kappa shape index (κ2) is 35.4. The van der Waals surface area contributed by atoms with Crippen LogP contribution in [0.1, 0.15) is 265 Å². The Morgan fingerprint density at radius 2 is 0.615 bits per heavy atom. The van der Waals surface area contributed by atoms with Gasteiger partial charge >= 0.3 is 17.9 Å². The molecule has 4 aliphatic heterocycles. The van der Waals surface area contributed by atoms with Crippen molar-refractivity contribution in [1.29, 1.82) is 0 Å². The lowest BCUT2D eigenvalue weighted by Crippen LogP contribution is -2.30. The van der Waals surface area contributed by atoms with Gasteiger partial charge in [-0.2, -0.15) is 0 Å². The van der Waals surface area contributed by atoms with Crippen LogP contribution in [0.3, 0.4) is 0 Å². The normalized spacial score (nSPS) is 24.4. The van der Waals surface area contributed by atoms with Gasteiger partial charge in [0.1, 0.15) is 13.2 Å². The van der Waals surface area contributed by atoms with E-state index in [4.69, 9.17) is 33.2 Å². The molecule has 4 heterocycles. The summed E-state index contributed by atoms with van der Waals surface area (Å²) in [6.45, 7) is 6.55. The molecular weight excluding hydrogens is 821 g/mol. The van der Waals surface area contributed by atoms with Crippen LogP contribution in [0.15, 0.2) is 0 Å². The molecule has 4 saturated heterocycles. The van der Waals surface area contributed by atoms with Gasteiger partial charge in [-0.05, 0) is 57.8 Å². The van der Waals surface area contributed by atoms with E-state index < -0.39 is 6.10 Å². The fourth-order valence-electron chi connectivity index (χ4n) is 9.68. The third-order valence-corrected chi connectivity index (χ3v) is 14.3. The van der Waals surface area contributed by atoms with Gasteiger partial charge in [0, 0.05) is 25.7 Å². The van der Waals surface area contributed by atoms with Gasteiger partial charge in [0.25, 0.3) is 0 Å². The standard InChI is InChI=1S/C55H98O10/c1-4-7-10-12-17-25-34-46-48(63-46)36-27-19-14-22-30-39-54(57)60-43-44(42-59-53(56)38-29-21-13-18-26-35-47-45(62-47)33-24-16-11-8-5-2)61-55(58)40-31-23-15-20-28-37-50-52(65-50)41-51-49(64-51)32-9-6-3/h44-52H,4-43H2,1-3H3. The molecule has 9 unspecified atom stereocenters. The van der Waals surface area contributed by atoms with E-state index in [2.05, 4.69) is 20.8 Å². The number of carbonyl (C=O) groups excluding carboxylic acids is 3. The first-order chi connectivity index (χ1) is 31.9. The predicted octanol–water partition coefficient (Wildman–Crippen LogP) is 13.9. The topological polar surface area (TPSA) is 129 Å². The molecule has 4 fully saturated rings. The average Bonchev–Trinajstić information content (AvgIpc) is 4.12. The Kier molecular flexibility index (Phi) is 30.4. The van der Waals surface area contributed by atoms with Gasteiger partial charge in [0.05, 0.1) is 48.8 Å². The maximum absolute atomic E-state index is 12.9. The Bertz CT molecular complexity index is 1230. The SMILES string of the molecule is CCCCCCCCC1OC1CCCCCCCC(=O)OCC(COC(=O)CCCCCCCC1OC1CCCCCCC)OC(=O)CCCCCCCC1OC1CC1OC1CCCC. The van der Waals surface area contributed by atoms with Crippen molar-refractivity contribution in [2.45, 2.75) is 320 Å². The molecule has 10 heteroatoms. The zero-order valence-electron chi connectivity index (χ0n) is 42.1. The van der Waals surface area contributed by atoms with Crippen LogP contribution in [-0.4, -0.2) is 86.1 Å². The first kappa shape index (κ1) is 55.8. The summed E-state index contributed by atoms with van der Waals surface area (Å²) in [6.07, 6.45) is 44.3. The lowest BCUT2D eigenvalue weighted by molar-refractivity contribution is -0.167. The van der Waals surface area contributed by atoms with Gasteiger partial charge < -0.3 is 33.2 Å². The van der Waals surface area contributed by atoms with Crippen LogP contribution < -0.4 is 0 Å². The fourth-order valence-corrected chi connectivity index (χ4v) is 9.68. The molecule has 4 aliphatic rings. The highest BCUT2D eigenvalue weighted by atomic mass is 16.6. The number of ether oxygens (including phenoxy) is 7. The van der Waals surface area contributed by atoms with E-state index in [0.717, 1.165) is 109 Å². The van der Waals surface area contributed by atoms with Crippen LogP contribution in [0, 0.1) is 0 Å². The monoisotopic (exact) mass is 919 g/mol. The number of hydrogen-bond donors (Lipinski definition) is 0. The molecule has 0 aromatic carbocycles. The van der Waals surface area contributed by atoms with Crippen LogP contribution in [-0.2, 0) is 47.5 Å². The number of unbranched alkanes of at least 4 members (excludes halogenated alkanes) is 22. The Hall–Kier alpha value is -1.75. The smallest absolute Gasteiger partial charge is 0.306 e. The maximum atomic E-state index is 12.9. The fraction of sp³-hybridized carbons (Fsp3) is 0.945. The first-order valence-electron chi connectivity index (χ1n) is 28.0. The zero-order chi connectivity index (χ0) is 46.2. The van der Waals surface area contributed by atoms with Crippen molar-refractivity contribution in [3.8, 4) is 0 Å². The average molecular weight is 919 g/mol. The molecule has 0 amide bonds. The van der Waals surface area contributed by atoms with Gasteiger partial charge in [-0.3, -0.25) is 14.4 Å². The predicted molar refractivity (Wildman–Crippen MR) is 259 cm³/mol. The van der Waals surface area contributed by atoms with Crippen LogP contribution >= 0.6 is 0 Å². The van der Waals surface area contributed by atoms with Crippen molar-refractivity contribution in [3.63, 3.8) is 0 Å². The van der Waals surface area contributed by atoms with E-state index in [0.29, 0.717) is 68.1 Å². The van der Waals surface area contributed by atoms with E-state index in [1.807, 2.05) is 0 Å². The quantitative estimate of drug-likeness (QED) is 0.0252. The highest BCUT2D eigenvalue weighted by Gasteiger charge is 2.47. The summed E-state index contributed by atoms with van der Waals surface area (Å²) in [5, 5.41) is 0. The number of esters is 3. The minimum absolute atomic E-state index is 0.0972. The van der Waals surface area contributed by atoms with E-state index in [1.165, 1.54) is 116 Å². The minimum Gasteiger partial charge on any atom is -0.462 e. The van der Waals surface area contributed by atoms with Crippen LogP contribution in [0.2, 0.25) is 0 Å². The van der Waals surface area contributed by atoms with Gasteiger partial charge in [-0.25, -0.2) is 0 Å². The van der Waals surface area contributed by atoms with Crippen molar-refractivity contribution in [1.82, 2.24) is 0 Å². The number of rotatable bonds is 47. The third kappa shape index (κ3) is 28.4.